The standard InChI is InChI=1S/C10H13NO2.C8H10.C5H10O.CH2O2/c11-9(10(12)13)7-6-8-4-2-1-3-5-8;1-2-8-6-4-3-5-7-8;1-5(2)3-4-6;2-1-3/h1-5,9H,6-7,11H2,(H,12,13);3-7H,2H2,1H3;4-5H,3H2,1-2H3;1H,(H,2,3). The third kappa shape index (κ3) is 19.8. The summed E-state index contributed by atoms with van der Waals surface area (Å²) in [6, 6.07) is 19.4. The summed E-state index contributed by atoms with van der Waals surface area (Å²) in [6.45, 7) is 5.96. The minimum atomic E-state index is -0.934. The average molecular weight is 418 g/mol. The van der Waals surface area contributed by atoms with Gasteiger partial charge >= 0.3 is 5.97 Å². The van der Waals surface area contributed by atoms with Gasteiger partial charge < -0.3 is 20.7 Å². The van der Waals surface area contributed by atoms with Crippen LogP contribution in [0, 0.1) is 5.92 Å². The Hall–Kier alpha value is -2.99. The molecular formula is C24H35NO5. The molecule has 30 heavy (non-hydrogen) atoms. The molecule has 4 N–H and O–H groups in total. The quantitative estimate of drug-likeness (QED) is 0.581. The molecule has 166 valence electrons. The van der Waals surface area contributed by atoms with Crippen molar-refractivity contribution in [3.63, 3.8) is 0 Å². The molecule has 6 nitrogen and oxygen atoms in total. The molecule has 0 bridgehead atoms. The summed E-state index contributed by atoms with van der Waals surface area (Å²) in [4.78, 5) is 28.4. The lowest BCUT2D eigenvalue weighted by Crippen LogP contribution is -2.30. The van der Waals surface area contributed by atoms with Crippen molar-refractivity contribution in [3.8, 4) is 0 Å². The second kappa shape index (κ2) is 20.7. The lowest BCUT2D eigenvalue weighted by Gasteiger charge is -2.05. The van der Waals surface area contributed by atoms with Crippen LogP contribution in [-0.2, 0) is 27.2 Å². The van der Waals surface area contributed by atoms with Gasteiger partial charge in [-0.1, -0.05) is 81.4 Å². The topological polar surface area (TPSA) is 118 Å². The van der Waals surface area contributed by atoms with Gasteiger partial charge in [-0.25, -0.2) is 0 Å². The Morgan fingerprint density at radius 3 is 1.67 bits per heavy atom. The zero-order valence-corrected chi connectivity index (χ0v) is 18.1. The van der Waals surface area contributed by atoms with Gasteiger partial charge in [0.15, 0.2) is 0 Å². The van der Waals surface area contributed by atoms with Gasteiger partial charge in [0.25, 0.3) is 6.47 Å². The largest absolute Gasteiger partial charge is 0.483 e. The van der Waals surface area contributed by atoms with Crippen LogP contribution in [0.1, 0.15) is 44.7 Å². The molecule has 0 fully saturated rings. The van der Waals surface area contributed by atoms with Crippen LogP contribution >= 0.6 is 0 Å². The van der Waals surface area contributed by atoms with Crippen molar-refractivity contribution in [3.05, 3.63) is 71.8 Å². The Kier molecular flexibility index (Phi) is 20.2. The summed E-state index contributed by atoms with van der Waals surface area (Å²) in [7, 11) is 0. The second-order valence-corrected chi connectivity index (χ2v) is 6.71. The molecule has 0 amide bonds. The molecule has 0 aliphatic carbocycles. The number of carbonyl (C=O) groups excluding carboxylic acids is 1. The number of benzene rings is 2. The minimum absolute atomic E-state index is 0.250. The molecule has 0 aliphatic rings. The van der Waals surface area contributed by atoms with E-state index in [1.807, 2.05) is 50.2 Å². The van der Waals surface area contributed by atoms with Crippen molar-refractivity contribution in [1.82, 2.24) is 0 Å². The van der Waals surface area contributed by atoms with Crippen molar-refractivity contribution in [1.29, 1.82) is 0 Å². The molecule has 2 aromatic carbocycles. The number of carbonyl (C=O) groups is 3. The highest BCUT2D eigenvalue weighted by Crippen LogP contribution is 2.03. The Morgan fingerprint density at radius 2 is 1.40 bits per heavy atom. The summed E-state index contributed by atoms with van der Waals surface area (Å²) in [5, 5.41) is 15.4. The van der Waals surface area contributed by atoms with E-state index in [-0.39, 0.29) is 6.47 Å². The normalized spacial score (nSPS) is 10.0. The SMILES string of the molecule is CC(C)CC=O.CCc1ccccc1.NC(CCc1ccccc1)C(=O)O.O=CO. The van der Waals surface area contributed by atoms with E-state index in [9.17, 15) is 9.59 Å². The molecule has 0 saturated heterocycles. The number of hydrogen-bond acceptors (Lipinski definition) is 4. The first-order valence-corrected chi connectivity index (χ1v) is 9.89. The summed E-state index contributed by atoms with van der Waals surface area (Å²) < 4.78 is 0. The number of hydrogen-bond donors (Lipinski definition) is 3. The van der Waals surface area contributed by atoms with Crippen molar-refractivity contribution < 1.29 is 24.6 Å². The maximum absolute atomic E-state index is 10.4. The maximum Gasteiger partial charge on any atom is 0.320 e. The molecule has 2 rings (SSSR count). The first-order valence-electron chi connectivity index (χ1n) is 9.89. The number of aryl methyl sites for hydroxylation is 2. The van der Waals surface area contributed by atoms with E-state index in [0.717, 1.165) is 18.3 Å². The van der Waals surface area contributed by atoms with Crippen LogP contribution in [0.5, 0.6) is 0 Å². The van der Waals surface area contributed by atoms with Gasteiger partial charge in [0.1, 0.15) is 12.3 Å². The first-order chi connectivity index (χ1) is 14.3. The van der Waals surface area contributed by atoms with Crippen LogP contribution in [0.4, 0.5) is 0 Å². The lowest BCUT2D eigenvalue weighted by molar-refractivity contribution is -0.138. The van der Waals surface area contributed by atoms with Gasteiger partial charge in [-0.05, 0) is 36.3 Å². The van der Waals surface area contributed by atoms with Gasteiger partial charge in [-0.15, -0.1) is 0 Å². The van der Waals surface area contributed by atoms with Crippen LogP contribution in [0.15, 0.2) is 60.7 Å². The Bertz CT molecular complexity index is 660. The van der Waals surface area contributed by atoms with Crippen LogP contribution in [0.25, 0.3) is 0 Å². The zero-order valence-electron chi connectivity index (χ0n) is 18.1. The molecule has 0 heterocycles. The molecule has 0 saturated carbocycles. The lowest BCUT2D eigenvalue weighted by atomic mass is 10.1. The fraction of sp³-hybridized carbons (Fsp3) is 0.375. The highest BCUT2D eigenvalue weighted by molar-refractivity contribution is 5.73. The van der Waals surface area contributed by atoms with Crippen molar-refractivity contribution >= 4 is 18.7 Å². The molecule has 0 aromatic heterocycles. The summed E-state index contributed by atoms with van der Waals surface area (Å²) >= 11 is 0. The fourth-order valence-electron chi connectivity index (χ4n) is 2.00. The van der Waals surface area contributed by atoms with Gasteiger partial charge in [-0.2, -0.15) is 0 Å². The first kappa shape index (κ1) is 29.2. The zero-order chi connectivity index (χ0) is 23.2. The molecule has 0 radical (unpaired) electrons. The van der Waals surface area contributed by atoms with E-state index in [2.05, 4.69) is 31.2 Å². The monoisotopic (exact) mass is 417 g/mol. The molecular weight excluding hydrogens is 382 g/mol. The summed E-state index contributed by atoms with van der Waals surface area (Å²) in [5.74, 6) is -0.404. The molecule has 0 spiro atoms. The van der Waals surface area contributed by atoms with Crippen molar-refractivity contribution in [2.75, 3.05) is 0 Å². The van der Waals surface area contributed by atoms with Crippen LogP contribution in [0.2, 0.25) is 0 Å². The van der Waals surface area contributed by atoms with E-state index < -0.39 is 12.0 Å². The average Bonchev–Trinajstić information content (AvgIpc) is 2.74. The number of aliphatic carboxylic acids is 1. The van der Waals surface area contributed by atoms with Gasteiger partial charge in [0.2, 0.25) is 0 Å². The van der Waals surface area contributed by atoms with E-state index in [1.54, 1.807) is 0 Å². The Balaban J connectivity index is 0. The third-order valence-electron chi connectivity index (χ3n) is 3.72. The molecule has 2 aromatic rings. The summed E-state index contributed by atoms with van der Waals surface area (Å²) in [5.41, 5.74) is 7.90. The smallest absolute Gasteiger partial charge is 0.320 e. The van der Waals surface area contributed by atoms with Gasteiger partial charge in [-0.3, -0.25) is 9.59 Å². The molecule has 0 aliphatic heterocycles. The number of carboxylic acids is 1. The van der Waals surface area contributed by atoms with Crippen LogP contribution in [0.3, 0.4) is 0 Å². The van der Waals surface area contributed by atoms with E-state index in [0.29, 0.717) is 25.2 Å². The Labute approximate surface area is 179 Å². The highest BCUT2D eigenvalue weighted by Gasteiger charge is 2.10. The van der Waals surface area contributed by atoms with Crippen LogP contribution < -0.4 is 5.73 Å². The number of carboxylic acid groups (broad SMARTS) is 2. The highest BCUT2D eigenvalue weighted by atomic mass is 16.4. The maximum atomic E-state index is 10.4. The number of nitrogens with two attached hydrogens (primary N) is 1. The second-order valence-electron chi connectivity index (χ2n) is 6.71. The molecule has 1 unspecified atom stereocenters. The fourth-order valence-corrected chi connectivity index (χ4v) is 2.00. The van der Waals surface area contributed by atoms with E-state index in [4.69, 9.17) is 20.7 Å². The Morgan fingerprint density at radius 1 is 0.967 bits per heavy atom. The molecule has 6 heteroatoms. The molecule has 1 atom stereocenters. The van der Waals surface area contributed by atoms with Crippen molar-refractivity contribution in [2.45, 2.75) is 52.5 Å². The summed E-state index contributed by atoms with van der Waals surface area (Å²) in [6.07, 6.45) is 3.99. The number of rotatable bonds is 7. The minimum Gasteiger partial charge on any atom is -0.483 e. The van der Waals surface area contributed by atoms with Crippen molar-refractivity contribution in [2.24, 2.45) is 11.7 Å². The van der Waals surface area contributed by atoms with E-state index in [1.165, 1.54) is 5.56 Å². The van der Waals surface area contributed by atoms with Gasteiger partial charge in [0, 0.05) is 6.42 Å². The number of aldehydes is 1. The van der Waals surface area contributed by atoms with E-state index >= 15 is 0 Å². The predicted molar refractivity (Wildman–Crippen MR) is 120 cm³/mol. The predicted octanol–water partition coefficient (Wildman–Crippen LogP) is 4.21. The van der Waals surface area contributed by atoms with Crippen LogP contribution in [-0.4, -0.2) is 35.0 Å². The third-order valence-corrected chi connectivity index (χ3v) is 3.72. The van der Waals surface area contributed by atoms with Gasteiger partial charge in [0.05, 0.1) is 0 Å².